The lowest BCUT2D eigenvalue weighted by Crippen LogP contribution is -2.20. The van der Waals surface area contributed by atoms with E-state index in [0.29, 0.717) is 5.75 Å². The monoisotopic (exact) mass is 347 g/mol. The topological polar surface area (TPSA) is 64.6 Å². The molecule has 2 rings (SSSR count). The van der Waals surface area contributed by atoms with Crippen molar-refractivity contribution < 1.29 is 27.8 Å². The Morgan fingerprint density at radius 3 is 2.64 bits per heavy atom. The highest BCUT2D eigenvalue weighted by atomic mass is 19.2. The average Bonchev–Trinajstić information content (AvgIpc) is 2.61. The minimum absolute atomic E-state index is 0.0619. The molecule has 0 aromatic heterocycles. The molecule has 0 saturated carbocycles. The van der Waals surface area contributed by atoms with Gasteiger partial charge in [-0.25, -0.2) is 13.6 Å². The second-order valence-corrected chi connectivity index (χ2v) is 4.89. The average molecular weight is 347 g/mol. The number of benzene rings is 2. The zero-order chi connectivity index (χ0) is 18.2. The van der Waals surface area contributed by atoms with Crippen LogP contribution in [0.5, 0.6) is 5.75 Å². The minimum atomic E-state index is -1.09. The van der Waals surface area contributed by atoms with Crippen molar-refractivity contribution in [2.45, 2.75) is 0 Å². The van der Waals surface area contributed by atoms with Gasteiger partial charge in [-0.2, -0.15) is 0 Å². The van der Waals surface area contributed by atoms with Crippen LogP contribution in [0.15, 0.2) is 48.5 Å². The maximum atomic E-state index is 13.0. The summed E-state index contributed by atoms with van der Waals surface area (Å²) in [5, 5.41) is 2.29. The first-order chi connectivity index (χ1) is 12.0. The van der Waals surface area contributed by atoms with Crippen molar-refractivity contribution in [1.29, 1.82) is 0 Å². The zero-order valence-corrected chi connectivity index (χ0v) is 13.3. The molecule has 0 atom stereocenters. The first-order valence-corrected chi connectivity index (χ1v) is 7.22. The zero-order valence-electron chi connectivity index (χ0n) is 13.3. The van der Waals surface area contributed by atoms with Gasteiger partial charge in [-0.15, -0.1) is 0 Å². The Hall–Kier alpha value is -3.22. The maximum Gasteiger partial charge on any atom is 0.331 e. The fraction of sp³-hybridized carbons (Fsp3) is 0.111. The van der Waals surface area contributed by atoms with Gasteiger partial charge >= 0.3 is 5.97 Å². The van der Waals surface area contributed by atoms with Gasteiger partial charge in [0.1, 0.15) is 5.75 Å². The number of anilines is 1. The van der Waals surface area contributed by atoms with Crippen molar-refractivity contribution in [3.05, 3.63) is 65.7 Å². The van der Waals surface area contributed by atoms with E-state index in [-0.39, 0.29) is 5.69 Å². The lowest BCUT2D eigenvalue weighted by atomic mass is 10.2. The highest BCUT2D eigenvalue weighted by Crippen LogP contribution is 2.14. The van der Waals surface area contributed by atoms with Crippen LogP contribution in [0.3, 0.4) is 0 Å². The Kier molecular flexibility index (Phi) is 6.22. The van der Waals surface area contributed by atoms with E-state index in [0.717, 1.165) is 17.7 Å². The van der Waals surface area contributed by atoms with Gasteiger partial charge in [0, 0.05) is 17.8 Å². The summed E-state index contributed by atoms with van der Waals surface area (Å²) in [7, 11) is 1.53. The van der Waals surface area contributed by atoms with Gasteiger partial charge in [-0.3, -0.25) is 4.79 Å². The molecule has 0 aliphatic heterocycles. The Balaban J connectivity index is 1.83. The molecule has 0 fully saturated rings. The summed E-state index contributed by atoms with van der Waals surface area (Å²) in [5.74, 6) is -2.86. The predicted octanol–water partition coefficient (Wildman–Crippen LogP) is 3.17. The number of nitrogens with one attached hydrogen (secondary N) is 1. The summed E-state index contributed by atoms with van der Waals surface area (Å²) in [6, 6.07) is 9.92. The molecule has 25 heavy (non-hydrogen) atoms. The maximum absolute atomic E-state index is 13.0. The highest BCUT2D eigenvalue weighted by molar-refractivity contribution is 5.94. The van der Waals surface area contributed by atoms with Gasteiger partial charge in [-0.05, 0) is 35.9 Å². The third kappa shape index (κ3) is 5.72. The molecule has 130 valence electrons. The Morgan fingerprint density at radius 1 is 1.12 bits per heavy atom. The second kappa shape index (κ2) is 8.58. The van der Waals surface area contributed by atoms with Gasteiger partial charge in [0.05, 0.1) is 7.11 Å². The molecular weight excluding hydrogens is 332 g/mol. The standard InChI is InChI=1S/C18H15F2NO4/c1-24-14-4-2-3-12(9-14)5-8-18(23)25-11-17(22)21-13-6-7-15(19)16(20)10-13/h2-10H,11H2,1H3,(H,21,22)/b8-5+. The van der Waals surface area contributed by atoms with Crippen molar-refractivity contribution in [2.24, 2.45) is 0 Å². The van der Waals surface area contributed by atoms with Crippen LogP contribution in [-0.2, 0) is 14.3 Å². The van der Waals surface area contributed by atoms with Gasteiger partial charge in [0.15, 0.2) is 18.2 Å². The lowest BCUT2D eigenvalue weighted by molar-refractivity contribution is -0.142. The van der Waals surface area contributed by atoms with Crippen LogP contribution in [-0.4, -0.2) is 25.6 Å². The van der Waals surface area contributed by atoms with Gasteiger partial charge in [-0.1, -0.05) is 12.1 Å². The third-order valence-corrected chi connectivity index (χ3v) is 3.05. The molecule has 0 aliphatic rings. The summed E-state index contributed by atoms with van der Waals surface area (Å²) in [6.45, 7) is -0.555. The molecule has 0 spiro atoms. The predicted molar refractivity (Wildman–Crippen MR) is 88.0 cm³/mol. The summed E-state index contributed by atoms with van der Waals surface area (Å²) in [4.78, 5) is 23.2. The number of ether oxygens (including phenoxy) is 2. The number of halogens is 2. The molecule has 0 saturated heterocycles. The van der Waals surface area contributed by atoms with Crippen LogP contribution in [0.25, 0.3) is 6.08 Å². The number of amides is 1. The number of hydrogen-bond donors (Lipinski definition) is 1. The van der Waals surface area contributed by atoms with E-state index in [2.05, 4.69) is 5.32 Å². The van der Waals surface area contributed by atoms with Crippen LogP contribution in [0.2, 0.25) is 0 Å². The fourth-order valence-corrected chi connectivity index (χ4v) is 1.87. The van der Waals surface area contributed by atoms with E-state index in [9.17, 15) is 18.4 Å². The number of methoxy groups -OCH3 is 1. The van der Waals surface area contributed by atoms with E-state index in [1.807, 2.05) is 0 Å². The fourth-order valence-electron chi connectivity index (χ4n) is 1.87. The summed E-state index contributed by atoms with van der Waals surface area (Å²) < 4.78 is 35.7. The Bertz CT molecular complexity index is 805. The number of carbonyl (C=O) groups is 2. The number of hydrogen-bond acceptors (Lipinski definition) is 4. The molecule has 2 aromatic carbocycles. The van der Waals surface area contributed by atoms with Crippen molar-refractivity contribution in [3.63, 3.8) is 0 Å². The number of esters is 1. The van der Waals surface area contributed by atoms with Crippen molar-refractivity contribution in [1.82, 2.24) is 0 Å². The van der Waals surface area contributed by atoms with Crippen molar-refractivity contribution in [3.8, 4) is 5.75 Å². The van der Waals surface area contributed by atoms with Gasteiger partial charge in [0.25, 0.3) is 5.91 Å². The smallest absolute Gasteiger partial charge is 0.331 e. The normalized spacial score (nSPS) is 10.5. The third-order valence-electron chi connectivity index (χ3n) is 3.05. The van der Waals surface area contributed by atoms with Crippen LogP contribution < -0.4 is 10.1 Å². The lowest BCUT2D eigenvalue weighted by Gasteiger charge is -2.05. The Morgan fingerprint density at radius 2 is 1.92 bits per heavy atom. The van der Waals surface area contributed by atoms with E-state index in [1.54, 1.807) is 24.3 Å². The summed E-state index contributed by atoms with van der Waals surface area (Å²) in [6.07, 6.45) is 2.68. The molecule has 0 aliphatic carbocycles. The largest absolute Gasteiger partial charge is 0.497 e. The molecule has 0 radical (unpaired) electrons. The highest BCUT2D eigenvalue weighted by Gasteiger charge is 2.08. The molecule has 0 bridgehead atoms. The van der Waals surface area contributed by atoms with Crippen LogP contribution in [0.1, 0.15) is 5.56 Å². The molecule has 5 nitrogen and oxygen atoms in total. The molecule has 1 N–H and O–H groups in total. The summed E-state index contributed by atoms with van der Waals surface area (Å²) in [5.41, 5.74) is 0.786. The van der Waals surface area contributed by atoms with Crippen LogP contribution in [0, 0.1) is 11.6 Å². The molecule has 0 heterocycles. The number of carbonyl (C=O) groups excluding carboxylic acids is 2. The van der Waals surface area contributed by atoms with Crippen LogP contribution >= 0.6 is 0 Å². The summed E-state index contributed by atoms with van der Waals surface area (Å²) >= 11 is 0. The SMILES string of the molecule is COc1cccc(/C=C/C(=O)OCC(=O)Nc2ccc(F)c(F)c2)c1. The number of rotatable bonds is 6. The van der Waals surface area contributed by atoms with E-state index in [4.69, 9.17) is 9.47 Å². The van der Waals surface area contributed by atoms with E-state index >= 15 is 0 Å². The Labute approximate surface area is 142 Å². The van der Waals surface area contributed by atoms with Gasteiger partial charge < -0.3 is 14.8 Å². The quantitative estimate of drug-likeness (QED) is 0.644. The first-order valence-electron chi connectivity index (χ1n) is 7.22. The van der Waals surface area contributed by atoms with Gasteiger partial charge in [0.2, 0.25) is 0 Å². The van der Waals surface area contributed by atoms with Crippen molar-refractivity contribution >= 4 is 23.6 Å². The van der Waals surface area contributed by atoms with E-state index in [1.165, 1.54) is 25.3 Å². The minimum Gasteiger partial charge on any atom is -0.497 e. The molecular formula is C18H15F2NO4. The van der Waals surface area contributed by atoms with Crippen molar-refractivity contribution in [2.75, 3.05) is 19.0 Å². The molecule has 2 aromatic rings. The van der Waals surface area contributed by atoms with E-state index < -0.39 is 30.1 Å². The molecule has 1 amide bonds. The molecule has 0 unspecified atom stereocenters. The molecule has 7 heteroatoms. The second-order valence-electron chi connectivity index (χ2n) is 4.89. The van der Waals surface area contributed by atoms with Crippen LogP contribution in [0.4, 0.5) is 14.5 Å². The first kappa shape index (κ1) is 18.1.